The molecule has 1 atom stereocenters. The average molecular weight is 407 g/mol. The smallest absolute Gasteiger partial charge is 0.239 e. The van der Waals surface area contributed by atoms with Gasteiger partial charge in [-0.25, -0.2) is 9.97 Å². The van der Waals surface area contributed by atoms with E-state index in [1.807, 2.05) is 24.4 Å². The Labute approximate surface area is 177 Å². The first-order valence-electron chi connectivity index (χ1n) is 10.6. The van der Waals surface area contributed by atoms with Gasteiger partial charge in [0, 0.05) is 31.0 Å². The zero-order valence-corrected chi connectivity index (χ0v) is 17.9. The number of aromatic nitrogens is 3. The molecule has 1 saturated heterocycles. The van der Waals surface area contributed by atoms with E-state index < -0.39 is 0 Å². The van der Waals surface area contributed by atoms with Crippen LogP contribution in [0.4, 0.5) is 11.5 Å². The average Bonchev–Trinajstić information content (AvgIpc) is 3.21. The molecule has 1 amide bonds. The van der Waals surface area contributed by atoms with E-state index in [9.17, 15) is 4.79 Å². The number of nitrogens with one attached hydrogen (secondary N) is 3. The Bertz CT molecular complexity index is 1000. The molecule has 1 aromatic carbocycles. The van der Waals surface area contributed by atoms with Crippen molar-refractivity contribution in [3.8, 4) is 0 Å². The van der Waals surface area contributed by atoms with E-state index in [0.717, 1.165) is 48.5 Å². The fraction of sp³-hybridized carbons (Fsp3) is 0.435. The molecule has 0 aliphatic carbocycles. The molecule has 0 bridgehead atoms. The molecular formula is C23H30N6O. The lowest BCUT2D eigenvalue weighted by atomic mass is 9.87. The Balaban J connectivity index is 1.32. The van der Waals surface area contributed by atoms with Crippen LogP contribution in [0.5, 0.6) is 0 Å². The van der Waals surface area contributed by atoms with Crippen molar-refractivity contribution in [3.05, 3.63) is 48.4 Å². The zero-order chi connectivity index (χ0) is 21.1. The van der Waals surface area contributed by atoms with E-state index in [1.54, 1.807) is 6.33 Å². The van der Waals surface area contributed by atoms with Crippen molar-refractivity contribution in [1.29, 1.82) is 0 Å². The van der Waals surface area contributed by atoms with Crippen molar-refractivity contribution in [2.45, 2.75) is 45.1 Å². The van der Waals surface area contributed by atoms with Crippen molar-refractivity contribution >= 4 is 28.4 Å². The fourth-order valence-electron chi connectivity index (χ4n) is 3.95. The predicted octanol–water partition coefficient (Wildman–Crippen LogP) is 3.45. The van der Waals surface area contributed by atoms with Gasteiger partial charge in [0.2, 0.25) is 5.91 Å². The Morgan fingerprint density at radius 1 is 1.20 bits per heavy atom. The molecule has 0 unspecified atom stereocenters. The van der Waals surface area contributed by atoms with Gasteiger partial charge in [0.05, 0.1) is 11.9 Å². The van der Waals surface area contributed by atoms with E-state index in [4.69, 9.17) is 0 Å². The number of nitrogens with zero attached hydrogens (tertiary/aromatic N) is 3. The van der Waals surface area contributed by atoms with Gasteiger partial charge in [-0.15, -0.1) is 0 Å². The van der Waals surface area contributed by atoms with Gasteiger partial charge in [-0.05, 0) is 42.0 Å². The van der Waals surface area contributed by atoms with Crippen LogP contribution in [0.1, 0.15) is 39.2 Å². The number of piperidine rings is 1. The largest absolute Gasteiger partial charge is 0.376 e. The highest BCUT2D eigenvalue weighted by atomic mass is 16.2. The molecule has 30 heavy (non-hydrogen) atoms. The van der Waals surface area contributed by atoms with Crippen LogP contribution in [0.15, 0.2) is 42.9 Å². The number of benzene rings is 1. The Kier molecular flexibility index (Phi) is 5.61. The first-order chi connectivity index (χ1) is 14.4. The van der Waals surface area contributed by atoms with Crippen LogP contribution in [-0.4, -0.2) is 46.5 Å². The van der Waals surface area contributed by atoms with Crippen LogP contribution in [-0.2, 0) is 10.2 Å². The number of carbonyl (C=O) groups excluding carboxylic acids is 1. The third kappa shape index (κ3) is 4.56. The van der Waals surface area contributed by atoms with Crippen molar-refractivity contribution in [3.63, 3.8) is 0 Å². The van der Waals surface area contributed by atoms with Crippen LogP contribution < -0.4 is 15.5 Å². The molecule has 1 aliphatic rings. The molecular weight excluding hydrogens is 376 g/mol. The molecule has 0 saturated carbocycles. The second-order valence-corrected chi connectivity index (χ2v) is 8.97. The highest BCUT2D eigenvalue weighted by Gasteiger charge is 2.24. The van der Waals surface area contributed by atoms with Crippen LogP contribution in [0, 0.1) is 0 Å². The van der Waals surface area contributed by atoms with E-state index in [0.29, 0.717) is 0 Å². The van der Waals surface area contributed by atoms with Crippen molar-refractivity contribution in [2.75, 3.05) is 29.9 Å². The lowest BCUT2D eigenvalue weighted by Gasteiger charge is -2.34. The number of aromatic amines is 1. The van der Waals surface area contributed by atoms with E-state index in [1.165, 1.54) is 5.56 Å². The minimum absolute atomic E-state index is 0.0104. The van der Waals surface area contributed by atoms with Crippen LogP contribution in [0.2, 0.25) is 0 Å². The van der Waals surface area contributed by atoms with Crippen LogP contribution in [0.3, 0.4) is 0 Å². The Morgan fingerprint density at radius 3 is 2.77 bits per heavy atom. The van der Waals surface area contributed by atoms with Crippen LogP contribution in [0.25, 0.3) is 11.0 Å². The number of rotatable bonds is 5. The normalized spacial score (nSPS) is 17.2. The van der Waals surface area contributed by atoms with Gasteiger partial charge >= 0.3 is 0 Å². The summed E-state index contributed by atoms with van der Waals surface area (Å²) < 4.78 is 0. The highest BCUT2D eigenvalue weighted by molar-refractivity contribution is 5.87. The number of amides is 1. The number of fused-ring (bicyclic) bond motifs is 1. The Morgan fingerprint density at radius 2 is 2.00 bits per heavy atom. The maximum absolute atomic E-state index is 12.5. The van der Waals surface area contributed by atoms with Gasteiger partial charge < -0.3 is 20.5 Å². The molecule has 7 nitrogen and oxygen atoms in total. The van der Waals surface area contributed by atoms with Gasteiger partial charge in [-0.1, -0.05) is 32.9 Å². The SMILES string of the molecule is CC(C)(C)c1ccc(NCC(=O)N[C@@H]2CCCN(c3ncnc4[nH]ccc34)C2)cc1. The first-order valence-corrected chi connectivity index (χ1v) is 10.6. The van der Waals surface area contributed by atoms with Gasteiger partial charge in [0.15, 0.2) is 0 Å². The summed E-state index contributed by atoms with van der Waals surface area (Å²) in [5.41, 5.74) is 3.20. The van der Waals surface area contributed by atoms with Crippen molar-refractivity contribution in [1.82, 2.24) is 20.3 Å². The lowest BCUT2D eigenvalue weighted by Crippen LogP contribution is -2.49. The highest BCUT2D eigenvalue weighted by Crippen LogP contribution is 2.25. The number of carbonyl (C=O) groups is 1. The first kappa shape index (κ1) is 20.2. The Hall–Kier alpha value is -3.09. The monoisotopic (exact) mass is 406 g/mol. The molecule has 7 heteroatoms. The summed E-state index contributed by atoms with van der Waals surface area (Å²) in [5, 5.41) is 7.42. The molecule has 0 spiro atoms. The number of hydrogen-bond acceptors (Lipinski definition) is 5. The summed E-state index contributed by atoms with van der Waals surface area (Å²) in [6.45, 7) is 8.53. The maximum Gasteiger partial charge on any atom is 0.239 e. The van der Waals surface area contributed by atoms with E-state index in [-0.39, 0.29) is 23.9 Å². The van der Waals surface area contributed by atoms with Gasteiger partial charge in [-0.2, -0.15) is 0 Å². The zero-order valence-electron chi connectivity index (χ0n) is 17.9. The summed E-state index contributed by atoms with van der Waals surface area (Å²) in [4.78, 5) is 26.6. The molecule has 3 aromatic rings. The van der Waals surface area contributed by atoms with E-state index >= 15 is 0 Å². The molecule has 0 radical (unpaired) electrons. The molecule has 1 fully saturated rings. The summed E-state index contributed by atoms with van der Waals surface area (Å²) in [6.07, 6.45) is 5.46. The van der Waals surface area contributed by atoms with Crippen molar-refractivity contribution < 1.29 is 4.79 Å². The molecule has 3 N–H and O–H groups in total. The second-order valence-electron chi connectivity index (χ2n) is 8.97. The summed E-state index contributed by atoms with van der Waals surface area (Å²) >= 11 is 0. The third-order valence-corrected chi connectivity index (χ3v) is 5.62. The van der Waals surface area contributed by atoms with E-state index in [2.05, 4.69) is 63.4 Å². The minimum Gasteiger partial charge on any atom is -0.376 e. The molecule has 4 rings (SSSR count). The third-order valence-electron chi connectivity index (χ3n) is 5.62. The topological polar surface area (TPSA) is 85.9 Å². The summed E-state index contributed by atoms with van der Waals surface area (Å²) in [5.74, 6) is 0.938. The molecule has 158 valence electrons. The number of anilines is 2. The number of hydrogen-bond donors (Lipinski definition) is 3. The van der Waals surface area contributed by atoms with Crippen LogP contribution >= 0.6 is 0 Å². The minimum atomic E-state index is 0.0104. The second kappa shape index (κ2) is 8.34. The van der Waals surface area contributed by atoms with Gasteiger partial charge in [0.25, 0.3) is 0 Å². The standard InChI is InChI=1S/C23H30N6O/c1-23(2,3)16-6-8-17(9-7-16)25-13-20(30)28-18-5-4-12-29(14-18)22-19-10-11-24-21(19)26-15-27-22/h6-11,15,18,25H,4-5,12-14H2,1-3H3,(H,28,30)(H,24,26,27)/t18-/m1/s1. The molecule has 3 heterocycles. The van der Waals surface area contributed by atoms with Crippen molar-refractivity contribution in [2.24, 2.45) is 0 Å². The summed E-state index contributed by atoms with van der Waals surface area (Å²) in [7, 11) is 0. The fourth-order valence-corrected chi connectivity index (χ4v) is 3.95. The molecule has 1 aliphatic heterocycles. The van der Waals surface area contributed by atoms with Gasteiger partial charge in [-0.3, -0.25) is 4.79 Å². The van der Waals surface area contributed by atoms with Gasteiger partial charge in [0.1, 0.15) is 17.8 Å². The summed E-state index contributed by atoms with van der Waals surface area (Å²) in [6, 6.07) is 10.4. The number of H-pyrrole nitrogens is 1. The maximum atomic E-state index is 12.5. The lowest BCUT2D eigenvalue weighted by molar-refractivity contribution is -0.120. The molecule has 2 aromatic heterocycles. The predicted molar refractivity (Wildman–Crippen MR) is 121 cm³/mol. The quantitative estimate of drug-likeness (QED) is 0.604.